The van der Waals surface area contributed by atoms with Gasteiger partial charge in [0.15, 0.2) is 9.75 Å². The number of azo groups is 1. The normalized spacial score (nSPS) is 26.7. The third-order valence-corrected chi connectivity index (χ3v) is 12.9. The first-order chi connectivity index (χ1) is 27.2. The summed E-state index contributed by atoms with van der Waals surface area (Å²) in [5.74, 6) is -7.24. The highest BCUT2D eigenvalue weighted by atomic mass is 35.5. The summed E-state index contributed by atoms with van der Waals surface area (Å²) in [6, 6.07) is 21.5. The lowest BCUT2D eigenvalue weighted by molar-refractivity contribution is -0.125. The molecule has 2 heterocycles. The van der Waals surface area contributed by atoms with Crippen LogP contribution in [0.15, 0.2) is 107 Å². The van der Waals surface area contributed by atoms with Crippen molar-refractivity contribution in [2.75, 3.05) is 43.0 Å². The zero-order chi connectivity index (χ0) is 40.6. The summed E-state index contributed by atoms with van der Waals surface area (Å²) in [7, 11) is 6.60. The molecule has 3 fully saturated rings. The van der Waals surface area contributed by atoms with Crippen LogP contribution in [0.25, 0.3) is 0 Å². The Morgan fingerprint density at radius 3 is 1.88 bits per heavy atom. The number of ether oxygens (including phenoxy) is 2. The van der Waals surface area contributed by atoms with Crippen LogP contribution in [0.2, 0.25) is 0 Å². The van der Waals surface area contributed by atoms with E-state index in [1.54, 1.807) is 30.3 Å². The predicted octanol–water partition coefficient (Wildman–Crippen LogP) is 7.80. The van der Waals surface area contributed by atoms with Crippen molar-refractivity contribution >= 4 is 75.3 Å². The van der Waals surface area contributed by atoms with Crippen molar-refractivity contribution in [1.29, 1.82) is 0 Å². The number of aromatic hydroxyl groups is 1. The first-order valence-corrected chi connectivity index (χ1v) is 18.8. The van der Waals surface area contributed by atoms with Gasteiger partial charge in [0.25, 0.3) is 11.8 Å². The lowest BCUT2D eigenvalue weighted by Crippen LogP contribution is -2.60. The van der Waals surface area contributed by atoms with E-state index in [0.29, 0.717) is 22.6 Å². The zero-order valence-corrected chi connectivity index (χ0v) is 32.7. The van der Waals surface area contributed by atoms with E-state index in [2.05, 4.69) is 10.2 Å². The molecule has 2 aliphatic carbocycles. The standard InChI is InChI=1S/C42H36Cl2FN5O7/c1-48(2)25-13-7-23(8-14-25)46-47-24-9-15-26(16-10-24)49-37(52)30-18-17-29-31(34(30)38(49)53)21-41(43)39(54)50(27-11-5-22(45)6-12-27)40(55)42(41,44)36(29)35-32(56-3)19-28(51)20-33(35)57-4/h5-17,19-20,30-31,34,36,51H,18,21H2,1-4H3/t30-,31+,34-,36+,41+,42-/m0/s1. The Labute approximate surface area is 337 Å². The average Bonchev–Trinajstić information content (AvgIpc) is 3.54. The highest BCUT2D eigenvalue weighted by molar-refractivity contribution is 6.58. The van der Waals surface area contributed by atoms with Gasteiger partial charge in [-0.2, -0.15) is 10.2 Å². The topological polar surface area (TPSA) is 141 Å². The molecule has 292 valence electrons. The van der Waals surface area contributed by atoms with Gasteiger partial charge in [-0.3, -0.25) is 24.1 Å². The highest BCUT2D eigenvalue weighted by Crippen LogP contribution is 2.67. The van der Waals surface area contributed by atoms with E-state index in [0.717, 1.165) is 27.6 Å². The van der Waals surface area contributed by atoms with Gasteiger partial charge in [0.1, 0.15) is 23.1 Å². The lowest BCUT2D eigenvalue weighted by atomic mass is 9.56. The predicted molar refractivity (Wildman–Crippen MR) is 212 cm³/mol. The number of fused-ring (bicyclic) bond motifs is 4. The van der Waals surface area contributed by atoms with Crippen LogP contribution in [0, 0.1) is 23.6 Å². The molecule has 12 nitrogen and oxygen atoms in total. The fourth-order valence-corrected chi connectivity index (χ4v) is 9.70. The van der Waals surface area contributed by atoms with Crippen molar-refractivity contribution < 1.29 is 38.1 Å². The van der Waals surface area contributed by atoms with E-state index >= 15 is 0 Å². The molecule has 57 heavy (non-hydrogen) atoms. The number of phenols is 1. The second-order valence-electron chi connectivity index (χ2n) is 14.7. The number of methoxy groups -OCH3 is 2. The van der Waals surface area contributed by atoms with E-state index in [1.807, 2.05) is 43.3 Å². The van der Waals surface area contributed by atoms with Crippen LogP contribution in [-0.2, 0) is 19.2 Å². The van der Waals surface area contributed by atoms with Crippen molar-refractivity contribution in [3.8, 4) is 17.2 Å². The molecule has 2 aliphatic heterocycles. The molecule has 4 aromatic rings. The third-order valence-electron chi connectivity index (χ3n) is 11.5. The zero-order valence-electron chi connectivity index (χ0n) is 31.2. The van der Waals surface area contributed by atoms with Crippen molar-refractivity contribution in [1.82, 2.24) is 0 Å². The maximum absolute atomic E-state index is 14.8. The molecule has 1 N–H and O–H groups in total. The first kappa shape index (κ1) is 38.1. The van der Waals surface area contributed by atoms with Gasteiger partial charge in [0.2, 0.25) is 11.8 Å². The van der Waals surface area contributed by atoms with Gasteiger partial charge in [-0.25, -0.2) is 9.29 Å². The number of rotatable bonds is 8. The molecule has 0 bridgehead atoms. The van der Waals surface area contributed by atoms with Crippen molar-refractivity contribution in [2.45, 2.75) is 28.5 Å². The van der Waals surface area contributed by atoms with E-state index in [1.165, 1.54) is 38.5 Å². The number of benzene rings is 4. The first-order valence-electron chi connectivity index (χ1n) is 18.1. The monoisotopic (exact) mass is 811 g/mol. The summed E-state index contributed by atoms with van der Waals surface area (Å²) >= 11 is 15.0. The van der Waals surface area contributed by atoms with Gasteiger partial charge >= 0.3 is 0 Å². The number of hydrogen-bond donors (Lipinski definition) is 1. The van der Waals surface area contributed by atoms with Gasteiger partial charge in [0.05, 0.1) is 48.8 Å². The van der Waals surface area contributed by atoms with Crippen molar-refractivity contribution in [3.05, 3.63) is 108 Å². The van der Waals surface area contributed by atoms with Gasteiger partial charge in [-0.1, -0.05) is 11.6 Å². The number of phenolic OH excluding ortho intramolecular Hbond substituents is 1. The summed E-state index contributed by atoms with van der Waals surface area (Å²) in [5, 5.41) is 19.2. The van der Waals surface area contributed by atoms with Gasteiger partial charge in [-0.05, 0) is 91.6 Å². The Morgan fingerprint density at radius 2 is 1.32 bits per heavy atom. The number of anilines is 3. The number of allylic oxidation sites excluding steroid dienone is 2. The molecule has 0 spiro atoms. The number of alkyl halides is 2. The molecule has 0 radical (unpaired) electrons. The van der Waals surface area contributed by atoms with Crippen LogP contribution in [0.1, 0.15) is 24.3 Å². The van der Waals surface area contributed by atoms with E-state index in [9.17, 15) is 28.7 Å². The van der Waals surface area contributed by atoms with Crippen LogP contribution >= 0.6 is 23.2 Å². The van der Waals surface area contributed by atoms with Crippen molar-refractivity contribution in [3.63, 3.8) is 0 Å². The largest absolute Gasteiger partial charge is 0.508 e. The number of carbonyl (C=O) groups is 4. The van der Waals surface area contributed by atoms with Crippen LogP contribution in [0.3, 0.4) is 0 Å². The number of carbonyl (C=O) groups excluding carboxylic acids is 4. The van der Waals surface area contributed by atoms with Crippen LogP contribution in [0.4, 0.5) is 32.8 Å². The SMILES string of the molecule is COc1cc(O)cc(OC)c1[C@H]1C2=CC[C@@H]3C(=O)N(c4ccc(N=Nc5ccc(N(C)C)cc5)cc4)C(=O)[C@@H]3[C@@H]2C[C@@]2(Cl)C(=O)N(c3ccc(F)cc3)C(=O)[C@@]12Cl. The lowest BCUT2D eigenvalue weighted by Gasteiger charge is -2.51. The number of halogens is 3. The fourth-order valence-electron chi connectivity index (χ4n) is 8.78. The Bertz CT molecular complexity index is 2370. The summed E-state index contributed by atoms with van der Waals surface area (Å²) < 4.78 is 25.5. The summed E-state index contributed by atoms with van der Waals surface area (Å²) in [4.78, 5) is 57.7. The molecule has 4 aliphatic rings. The molecule has 4 aromatic carbocycles. The summed E-state index contributed by atoms with van der Waals surface area (Å²) in [6.07, 6.45) is 1.61. The maximum atomic E-state index is 14.8. The minimum Gasteiger partial charge on any atom is -0.508 e. The second-order valence-corrected chi connectivity index (χ2v) is 15.9. The molecular formula is C42H36Cl2FN5O7. The minimum atomic E-state index is -2.24. The Kier molecular flexibility index (Phi) is 9.35. The van der Waals surface area contributed by atoms with E-state index in [-0.39, 0.29) is 41.3 Å². The maximum Gasteiger partial charge on any atom is 0.258 e. The Hall–Kier alpha value is -5.79. The average molecular weight is 813 g/mol. The van der Waals surface area contributed by atoms with E-state index in [4.69, 9.17) is 32.7 Å². The van der Waals surface area contributed by atoms with Gasteiger partial charge < -0.3 is 19.5 Å². The van der Waals surface area contributed by atoms with E-state index < -0.39 is 62.9 Å². The number of amides is 4. The molecular weight excluding hydrogens is 776 g/mol. The van der Waals surface area contributed by atoms with Crippen LogP contribution < -0.4 is 24.2 Å². The molecule has 1 saturated carbocycles. The second kappa shape index (κ2) is 14.0. The number of imide groups is 2. The van der Waals surface area contributed by atoms with Crippen LogP contribution in [0.5, 0.6) is 17.2 Å². The molecule has 4 amide bonds. The van der Waals surface area contributed by atoms with Crippen LogP contribution in [-0.4, -0.2) is 66.8 Å². The fraction of sp³-hybridized carbons (Fsp3) is 0.286. The summed E-state index contributed by atoms with van der Waals surface area (Å²) in [5.41, 5.74) is 3.24. The number of nitrogens with zero attached hydrogens (tertiary/aromatic N) is 5. The van der Waals surface area contributed by atoms with Gasteiger partial charge in [-0.15, -0.1) is 23.2 Å². The smallest absolute Gasteiger partial charge is 0.258 e. The van der Waals surface area contributed by atoms with Gasteiger partial charge in [0, 0.05) is 43.4 Å². The molecule has 15 heteroatoms. The van der Waals surface area contributed by atoms with Crippen molar-refractivity contribution in [2.24, 2.45) is 28.0 Å². The quantitative estimate of drug-likeness (QED) is 0.0823. The Morgan fingerprint density at radius 1 is 0.772 bits per heavy atom. The number of hydrogen-bond acceptors (Lipinski definition) is 10. The minimum absolute atomic E-state index is 0.0441. The molecule has 8 rings (SSSR count). The molecule has 0 aromatic heterocycles. The highest BCUT2D eigenvalue weighted by Gasteiger charge is 2.77. The molecule has 6 atom stereocenters. The molecule has 2 saturated heterocycles. The summed E-state index contributed by atoms with van der Waals surface area (Å²) in [6.45, 7) is 0. The molecule has 0 unspecified atom stereocenters. The third kappa shape index (κ3) is 5.77. The Balaban J connectivity index is 1.19.